The number of hydrogen-bond donors (Lipinski definition) is 1. The Kier molecular flexibility index (Phi) is 4.33. The summed E-state index contributed by atoms with van der Waals surface area (Å²) in [7, 11) is 3.53. The predicted octanol–water partition coefficient (Wildman–Crippen LogP) is 1.06. The summed E-state index contributed by atoms with van der Waals surface area (Å²) in [6.45, 7) is 1.92. The molecule has 0 bridgehead atoms. The van der Waals surface area contributed by atoms with Crippen LogP contribution >= 0.6 is 0 Å². The third-order valence-electron chi connectivity index (χ3n) is 2.06. The molecule has 5 nitrogen and oxygen atoms in total. The Morgan fingerprint density at radius 1 is 1.67 bits per heavy atom. The van der Waals surface area contributed by atoms with Crippen LogP contribution in [0.3, 0.4) is 0 Å². The van der Waals surface area contributed by atoms with Crippen LogP contribution in [0.4, 0.5) is 0 Å². The molecule has 0 radical (unpaired) electrons. The van der Waals surface area contributed by atoms with Gasteiger partial charge in [0.15, 0.2) is 0 Å². The lowest BCUT2D eigenvalue weighted by molar-refractivity contribution is 0.0659. The van der Waals surface area contributed by atoms with Gasteiger partial charge in [-0.15, -0.1) is 0 Å². The van der Waals surface area contributed by atoms with Gasteiger partial charge in [0.05, 0.1) is 12.9 Å². The fourth-order valence-electron chi connectivity index (χ4n) is 1.26. The van der Waals surface area contributed by atoms with Crippen molar-refractivity contribution in [1.29, 1.82) is 0 Å². The molecule has 0 fully saturated rings. The maximum absolute atomic E-state index is 10.7. The highest BCUT2D eigenvalue weighted by Crippen LogP contribution is 2.12. The molecule has 1 N–H and O–H groups in total. The van der Waals surface area contributed by atoms with Gasteiger partial charge in [-0.2, -0.15) is 0 Å². The normalized spacial score (nSPS) is 10.9. The average molecular weight is 213 g/mol. The fourth-order valence-corrected chi connectivity index (χ4v) is 1.26. The van der Waals surface area contributed by atoms with Gasteiger partial charge in [0.2, 0.25) is 5.76 Å². The molecule has 0 saturated heterocycles. The zero-order chi connectivity index (χ0) is 11.3. The summed E-state index contributed by atoms with van der Waals surface area (Å²) in [6.07, 6.45) is 1.39. The van der Waals surface area contributed by atoms with Crippen LogP contribution in [0, 0.1) is 0 Å². The number of methoxy groups -OCH3 is 1. The number of aromatic carboxylic acids is 1. The molecule has 0 saturated carbocycles. The maximum Gasteiger partial charge on any atom is 0.372 e. The number of carbonyl (C=O) groups is 1. The Hall–Kier alpha value is -1.33. The van der Waals surface area contributed by atoms with Gasteiger partial charge in [0.25, 0.3) is 0 Å². The Labute approximate surface area is 88.2 Å². The van der Waals surface area contributed by atoms with Gasteiger partial charge in [-0.25, -0.2) is 4.79 Å². The summed E-state index contributed by atoms with van der Waals surface area (Å²) in [5.41, 5.74) is 0.682. The highest BCUT2D eigenvalue weighted by molar-refractivity contribution is 5.86. The summed E-state index contributed by atoms with van der Waals surface area (Å²) in [4.78, 5) is 12.7. The minimum atomic E-state index is -1.03. The molecule has 0 aliphatic rings. The van der Waals surface area contributed by atoms with E-state index in [9.17, 15) is 4.79 Å². The molecule has 15 heavy (non-hydrogen) atoms. The number of carboxylic acid groups (broad SMARTS) is 1. The Morgan fingerprint density at radius 2 is 2.40 bits per heavy atom. The zero-order valence-corrected chi connectivity index (χ0v) is 8.90. The molecule has 1 aromatic rings. The number of ether oxygens (including phenoxy) is 1. The van der Waals surface area contributed by atoms with E-state index in [4.69, 9.17) is 14.3 Å². The van der Waals surface area contributed by atoms with Crippen molar-refractivity contribution in [3.05, 3.63) is 23.7 Å². The first-order valence-electron chi connectivity index (χ1n) is 4.62. The van der Waals surface area contributed by atoms with Crippen LogP contribution in [-0.4, -0.2) is 43.3 Å². The van der Waals surface area contributed by atoms with E-state index in [1.165, 1.54) is 6.26 Å². The molecule has 0 unspecified atom stereocenters. The monoisotopic (exact) mass is 213 g/mol. The lowest BCUT2D eigenvalue weighted by Crippen LogP contribution is -2.22. The number of furan rings is 1. The van der Waals surface area contributed by atoms with Crippen molar-refractivity contribution in [1.82, 2.24) is 4.90 Å². The van der Waals surface area contributed by atoms with Crippen molar-refractivity contribution in [3.63, 3.8) is 0 Å². The number of rotatable bonds is 6. The number of carboxylic acids is 1. The molecule has 0 aliphatic carbocycles. The van der Waals surface area contributed by atoms with Crippen LogP contribution < -0.4 is 0 Å². The second-order valence-electron chi connectivity index (χ2n) is 3.31. The minimum absolute atomic E-state index is 0.0132. The third kappa shape index (κ3) is 3.38. The van der Waals surface area contributed by atoms with Gasteiger partial charge in [-0.1, -0.05) is 0 Å². The molecule has 5 heteroatoms. The second-order valence-corrected chi connectivity index (χ2v) is 3.31. The van der Waals surface area contributed by atoms with E-state index in [1.807, 2.05) is 11.9 Å². The standard InChI is InChI=1S/C10H15NO4/c1-11(4-6-14-2)7-8-3-5-15-9(8)10(12)13/h3,5H,4,6-7H2,1-2H3,(H,12,13). The highest BCUT2D eigenvalue weighted by Gasteiger charge is 2.14. The van der Waals surface area contributed by atoms with Crippen molar-refractivity contribution >= 4 is 5.97 Å². The Morgan fingerprint density at radius 3 is 3.00 bits per heavy atom. The molecule has 0 aliphatic heterocycles. The molecule has 1 heterocycles. The molecular weight excluding hydrogens is 198 g/mol. The largest absolute Gasteiger partial charge is 0.475 e. The Bertz CT molecular complexity index is 321. The molecular formula is C10H15NO4. The van der Waals surface area contributed by atoms with Gasteiger partial charge in [0.1, 0.15) is 0 Å². The maximum atomic E-state index is 10.7. The van der Waals surface area contributed by atoms with Crippen molar-refractivity contribution < 1.29 is 19.1 Å². The Balaban J connectivity index is 2.56. The first-order valence-corrected chi connectivity index (χ1v) is 4.62. The summed E-state index contributed by atoms with van der Waals surface area (Å²) in [6, 6.07) is 1.67. The van der Waals surface area contributed by atoms with E-state index >= 15 is 0 Å². The smallest absolute Gasteiger partial charge is 0.372 e. The minimum Gasteiger partial charge on any atom is -0.475 e. The van der Waals surface area contributed by atoms with Crippen molar-refractivity contribution in [2.75, 3.05) is 27.3 Å². The number of hydrogen-bond acceptors (Lipinski definition) is 4. The molecule has 1 rings (SSSR count). The van der Waals surface area contributed by atoms with E-state index in [0.29, 0.717) is 18.7 Å². The number of nitrogens with zero attached hydrogens (tertiary/aromatic N) is 1. The molecule has 0 amide bonds. The predicted molar refractivity (Wildman–Crippen MR) is 53.9 cm³/mol. The highest BCUT2D eigenvalue weighted by atomic mass is 16.5. The van der Waals surface area contributed by atoms with Gasteiger partial charge in [-0.3, -0.25) is 4.90 Å². The molecule has 1 aromatic heterocycles. The van der Waals surface area contributed by atoms with Crippen LogP contribution in [0.5, 0.6) is 0 Å². The number of likely N-dealkylation sites (N-methyl/N-ethyl adjacent to an activating group) is 1. The van der Waals surface area contributed by atoms with E-state index in [1.54, 1.807) is 13.2 Å². The quantitative estimate of drug-likeness (QED) is 0.765. The van der Waals surface area contributed by atoms with Crippen LogP contribution in [0.1, 0.15) is 16.1 Å². The van der Waals surface area contributed by atoms with Crippen LogP contribution in [0.15, 0.2) is 16.7 Å². The van der Waals surface area contributed by atoms with Crippen molar-refractivity contribution in [2.24, 2.45) is 0 Å². The van der Waals surface area contributed by atoms with E-state index < -0.39 is 5.97 Å². The summed E-state index contributed by atoms with van der Waals surface area (Å²) in [5.74, 6) is -1.02. The topological polar surface area (TPSA) is 62.9 Å². The average Bonchev–Trinajstić information content (AvgIpc) is 2.62. The summed E-state index contributed by atoms with van der Waals surface area (Å²) in [5, 5.41) is 8.81. The van der Waals surface area contributed by atoms with Crippen LogP contribution in [0.25, 0.3) is 0 Å². The lowest BCUT2D eigenvalue weighted by Gasteiger charge is -2.14. The van der Waals surface area contributed by atoms with Gasteiger partial charge < -0.3 is 14.3 Å². The molecule has 84 valence electrons. The van der Waals surface area contributed by atoms with E-state index in [-0.39, 0.29) is 5.76 Å². The van der Waals surface area contributed by atoms with Crippen molar-refractivity contribution in [3.8, 4) is 0 Å². The fraction of sp³-hybridized carbons (Fsp3) is 0.500. The van der Waals surface area contributed by atoms with Gasteiger partial charge in [-0.05, 0) is 13.1 Å². The van der Waals surface area contributed by atoms with Gasteiger partial charge >= 0.3 is 5.97 Å². The van der Waals surface area contributed by atoms with Gasteiger partial charge in [0, 0.05) is 25.8 Å². The van der Waals surface area contributed by atoms with E-state index in [0.717, 1.165) is 6.54 Å². The lowest BCUT2D eigenvalue weighted by atomic mass is 10.2. The molecule has 0 spiro atoms. The summed E-state index contributed by atoms with van der Waals surface area (Å²) >= 11 is 0. The van der Waals surface area contributed by atoms with Crippen LogP contribution in [0.2, 0.25) is 0 Å². The molecule has 0 aromatic carbocycles. The van der Waals surface area contributed by atoms with E-state index in [2.05, 4.69) is 0 Å². The first-order chi connectivity index (χ1) is 7.15. The second kappa shape index (κ2) is 5.53. The molecule has 0 atom stereocenters. The van der Waals surface area contributed by atoms with Crippen molar-refractivity contribution in [2.45, 2.75) is 6.54 Å². The third-order valence-corrected chi connectivity index (χ3v) is 2.06. The summed E-state index contributed by atoms with van der Waals surface area (Å²) < 4.78 is 9.80. The SMILES string of the molecule is COCCN(C)Cc1ccoc1C(=O)O. The first kappa shape index (κ1) is 11.7. The van der Waals surface area contributed by atoms with Crippen LogP contribution in [-0.2, 0) is 11.3 Å². The zero-order valence-electron chi connectivity index (χ0n) is 8.90.